The zero-order valence-electron chi connectivity index (χ0n) is 17.3. The second kappa shape index (κ2) is 8.29. The van der Waals surface area contributed by atoms with Crippen LogP contribution in [0.3, 0.4) is 0 Å². The molecule has 0 saturated heterocycles. The lowest BCUT2D eigenvalue weighted by atomic mass is 9.94. The second-order valence-corrected chi connectivity index (χ2v) is 8.22. The van der Waals surface area contributed by atoms with Crippen molar-refractivity contribution >= 4 is 16.8 Å². The van der Waals surface area contributed by atoms with Gasteiger partial charge in [-0.25, -0.2) is 0 Å². The largest absolute Gasteiger partial charge is 0.496 e. The van der Waals surface area contributed by atoms with Crippen LogP contribution in [-0.2, 0) is 17.8 Å². The number of ether oxygens (including phenoxy) is 1. The Morgan fingerprint density at radius 1 is 1.21 bits per heavy atom. The quantitative estimate of drug-likeness (QED) is 0.593. The molecule has 0 aliphatic carbocycles. The Morgan fingerprint density at radius 3 is 2.83 bits per heavy atom. The highest BCUT2D eigenvalue weighted by molar-refractivity contribution is 5.90. The highest BCUT2D eigenvalue weighted by Gasteiger charge is 2.30. The van der Waals surface area contributed by atoms with Gasteiger partial charge in [0.1, 0.15) is 5.75 Å². The first-order chi connectivity index (χ1) is 14.1. The topological polar surface area (TPSA) is 66.1 Å². The maximum atomic E-state index is 13.1. The molecule has 5 nitrogen and oxygen atoms in total. The van der Waals surface area contributed by atoms with Gasteiger partial charge in [-0.05, 0) is 42.0 Å². The van der Waals surface area contributed by atoms with Crippen LogP contribution in [-0.4, -0.2) is 24.0 Å². The third kappa shape index (κ3) is 4.01. The number of benzene rings is 2. The number of hydrogen-bond donors (Lipinski definition) is 3. The van der Waals surface area contributed by atoms with Gasteiger partial charge in [0, 0.05) is 35.2 Å². The predicted octanol–water partition coefficient (Wildman–Crippen LogP) is 4.09. The van der Waals surface area contributed by atoms with Crippen molar-refractivity contribution in [3.63, 3.8) is 0 Å². The molecule has 2 heterocycles. The third-order valence-electron chi connectivity index (χ3n) is 5.69. The van der Waals surface area contributed by atoms with Crippen molar-refractivity contribution in [2.45, 2.75) is 45.3 Å². The SMILES string of the molecule is COc1ccccc1CNC(=O)C1Cc2c[nH]c3cccc(c23)C(CC(C)C)N1. The summed E-state index contributed by atoms with van der Waals surface area (Å²) in [4.78, 5) is 16.5. The number of rotatable bonds is 6. The van der Waals surface area contributed by atoms with Crippen LogP contribution < -0.4 is 15.4 Å². The van der Waals surface area contributed by atoms with Crippen molar-refractivity contribution in [2.24, 2.45) is 5.92 Å². The van der Waals surface area contributed by atoms with E-state index in [9.17, 15) is 4.79 Å². The Balaban J connectivity index is 1.57. The van der Waals surface area contributed by atoms with Crippen LogP contribution in [0.15, 0.2) is 48.7 Å². The van der Waals surface area contributed by atoms with E-state index in [4.69, 9.17) is 4.74 Å². The fourth-order valence-corrected chi connectivity index (χ4v) is 4.34. The van der Waals surface area contributed by atoms with Gasteiger partial charge in [0.25, 0.3) is 0 Å². The van der Waals surface area contributed by atoms with Gasteiger partial charge in [-0.2, -0.15) is 0 Å². The molecule has 0 bridgehead atoms. The van der Waals surface area contributed by atoms with Crippen LogP contribution in [0.2, 0.25) is 0 Å². The Hall–Kier alpha value is -2.79. The molecule has 1 aliphatic heterocycles. The number of hydrogen-bond acceptors (Lipinski definition) is 3. The van der Waals surface area contributed by atoms with E-state index in [1.165, 1.54) is 16.5 Å². The number of carbonyl (C=O) groups excluding carboxylic acids is 1. The van der Waals surface area contributed by atoms with Crippen molar-refractivity contribution in [3.8, 4) is 5.75 Å². The first kappa shape index (κ1) is 19.5. The molecule has 1 aliphatic rings. The fraction of sp³-hybridized carbons (Fsp3) is 0.375. The summed E-state index contributed by atoms with van der Waals surface area (Å²) in [7, 11) is 1.65. The lowest BCUT2D eigenvalue weighted by Crippen LogP contribution is -2.46. The minimum atomic E-state index is -0.278. The normalized spacial score (nSPS) is 18.6. The molecule has 0 spiro atoms. The van der Waals surface area contributed by atoms with Crippen molar-refractivity contribution in [2.75, 3.05) is 7.11 Å². The Bertz CT molecular complexity index is 1010. The molecule has 0 radical (unpaired) electrons. The van der Waals surface area contributed by atoms with Crippen LogP contribution in [0, 0.1) is 5.92 Å². The summed E-state index contributed by atoms with van der Waals surface area (Å²) in [6, 6.07) is 14.0. The average molecular weight is 392 g/mol. The van der Waals surface area contributed by atoms with E-state index in [1.807, 2.05) is 30.5 Å². The highest BCUT2D eigenvalue weighted by Crippen LogP contribution is 2.34. The number of methoxy groups -OCH3 is 1. The lowest BCUT2D eigenvalue weighted by Gasteiger charge is -2.25. The summed E-state index contributed by atoms with van der Waals surface area (Å²) >= 11 is 0. The first-order valence-electron chi connectivity index (χ1n) is 10.3. The highest BCUT2D eigenvalue weighted by atomic mass is 16.5. The summed E-state index contributed by atoms with van der Waals surface area (Å²) < 4.78 is 5.40. The molecule has 5 heteroatoms. The number of aromatic amines is 1. The molecule has 0 saturated carbocycles. The number of aromatic nitrogens is 1. The zero-order valence-corrected chi connectivity index (χ0v) is 17.3. The number of nitrogens with one attached hydrogen (secondary N) is 3. The van der Waals surface area contributed by atoms with Gasteiger partial charge < -0.3 is 15.0 Å². The summed E-state index contributed by atoms with van der Waals surface area (Å²) in [6.07, 6.45) is 3.71. The molecule has 1 amide bonds. The van der Waals surface area contributed by atoms with Crippen molar-refractivity contribution in [1.82, 2.24) is 15.6 Å². The molecule has 4 rings (SSSR count). The molecular formula is C24H29N3O2. The van der Waals surface area contributed by atoms with Crippen LogP contribution in [0.25, 0.3) is 10.9 Å². The lowest BCUT2D eigenvalue weighted by molar-refractivity contribution is -0.123. The Morgan fingerprint density at radius 2 is 2.03 bits per heavy atom. The average Bonchev–Trinajstić information content (AvgIpc) is 3.06. The Kier molecular flexibility index (Phi) is 5.58. The van der Waals surface area contributed by atoms with Crippen molar-refractivity contribution < 1.29 is 9.53 Å². The molecular weight excluding hydrogens is 362 g/mol. The van der Waals surface area contributed by atoms with Gasteiger partial charge in [-0.1, -0.05) is 44.2 Å². The van der Waals surface area contributed by atoms with Gasteiger partial charge in [-0.3, -0.25) is 10.1 Å². The smallest absolute Gasteiger partial charge is 0.237 e. The van der Waals surface area contributed by atoms with Crippen molar-refractivity contribution in [1.29, 1.82) is 0 Å². The van der Waals surface area contributed by atoms with E-state index >= 15 is 0 Å². The minimum Gasteiger partial charge on any atom is -0.496 e. The third-order valence-corrected chi connectivity index (χ3v) is 5.69. The van der Waals surface area contributed by atoms with Crippen molar-refractivity contribution in [3.05, 3.63) is 65.4 Å². The van der Waals surface area contributed by atoms with E-state index in [-0.39, 0.29) is 18.0 Å². The number of para-hydroxylation sites is 1. The van der Waals surface area contributed by atoms with E-state index in [2.05, 4.69) is 47.7 Å². The zero-order chi connectivity index (χ0) is 20.4. The van der Waals surface area contributed by atoms with Gasteiger partial charge >= 0.3 is 0 Å². The number of H-pyrrole nitrogens is 1. The predicted molar refractivity (Wildman–Crippen MR) is 116 cm³/mol. The molecule has 3 aromatic rings. The number of amides is 1. The second-order valence-electron chi connectivity index (χ2n) is 8.22. The molecule has 152 valence electrons. The molecule has 1 aromatic heterocycles. The maximum Gasteiger partial charge on any atom is 0.237 e. The molecule has 2 unspecified atom stereocenters. The van der Waals surface area contributed by atoms with Crippen LogP contribution in [0.4, 0.5) is 0 Å². The Labute approximate surface area is 171 Å². The maximum absolute atomic E-state index is 13.1. The van der Waals surface area contributed by atoms with Crippen LogP contribution in [0.5, 0.6) is 5.75 Å². The van der Waals surface area contributed by atoms with Crippen LogP contribution >= 0.6 is 0 Å². The minimum absolute atomic E-state index is 0.0202. The number of carbonyl (C=O) groups is 1. The monoisotopic (exact) mass is 391 g/mol. The first-order valence-corrected chi connectivity index (χ1v) is 10.3. The van der Waals surface area contributed by atoms with Gasteiger partial charge in [0.15, 0.2) is 0 Å². The van der Waals surface area contributed by atoms with E-state index < -0.39 is 0 Å². The summed E-state index contributed by atoms with van der Waals surface area (Å²) in [5.41, 5.74) is 4.60. The summed E-state index contributed by atoms with van der Waals surface area (Å²) in [5, 5.41) is 8.02. The standard InChI is InChI=1S/C24H29N3O2/c1-15(2)11-20-18-8-6-9-19-23(18)17(14-25-19)12-21(27-20)24(28)26-13-16-7-4-5-10-22(16)29-3/h4-10,14-15,20-21,25,27H,11-13H2,1-3H3,(H,26,28). The summed E-state index contributed by atoms with van der Waals surface area (Å²) in [6.45, 7) is 4.90. The molecule has 0 fully saturated rings. The van der Waals surface area contributed by atoms with E-state index in [1.54, 1.807) is 7.11 Å². The van der Waals surface area contributed by atoms with Gasteiger partial charge in [0.2, 0.25) is 5.91 Å². The van der Waals surface area contributed by atoms with E-state index in [0.717, 1.165) is 23.3 Å². The molecule has 3 N–H and O–H groups in total. The molecule has 2 atom stereocenters. The fourth-order valence-electron chi connectivity index (χ4n) is 4.34. The van der Waals surface area contributed by atoms with Crippen LogP contribution in [0.1, 0.15) is 43.0 Å². The molecule has 2 aromatic carbocycles. The summed E-state index contributed by atoms with van der Waals surface area (Å²) in [5.74, 6) is 1.34. The van der Waals surface area contributed by atoms with Gasteiger partial charge in [0.05, 0.1) is 13.2 Å². The molecule has 29 heavy (non-hydrogen) atoms. The van der Waals surface area contributed by atoms with E-state index in [0.29, 0.717) is 18.9 Å². The van der Waals surface area contributed by atoms with Gasteiger partial charge in [-0.15, -0.1) is 0 Å².